The molecule has 4 heteroatoms. The summed E-state index contributed by atoms with van der Waals surface area (Å²) in [5, 5.41) is 0. The van der Waals surface area contributed by atoms with E-state index in [0.717, 1.165) is 38.3 Å². The average Bonchev–Trinajstić information content (AvgIpc) is 2.98. The molecule has 120 valence electrons. The van der Waals surface area contributed by atoms with Crippen molar-refractivity contribution in [2.75, 3.05) is 26.9 Å². The van der Waals surface area contributed by atoms with Crippen molar-refractivity contribution in [3.63, 3.8) is 0 Å². The lowest BCUT2D eigenvalue weighted by Gasteiger charge is -2.39. The fraction of sp³-hybridized carbons (Fsp3) is 0.556. The van der Waals surface area contributed by atoms with E-state index < -0.39 is 0 Å². The van der Waals surface area contributed by atoms with E-state index in [2.05, 4.69) is 23.6 Å². The molecule has 0 bridgehead atoms. The first-order valence-corrected chi connectivity index (χ1v) is 8.03. The highest BCUT2D eigenvalue weighted by atomic mass is 16.5. The van der Waals surface area contributed by atoms with Crippen LogP contribution in [0.25, 0.3) is 0 Å². The summed E-state index contributed by atoms with van der Waals surface area (Å²) in [4.78, 5) is 2.53. The maximum atomic E-state index is 6.00. The molecule has 1 aromatic rings. The van der Waals surface area contributed by atoms with Crippen LogP contribution in [0.1, 0.15) is 18.4 Å². The largest absolute Gasteiger partial charge is 0.497 e. The highest BCUT2D eigenvalue weighted by molar-refractivity contribution is 5.27. The molecular formula is C18H25NO3. The molecule has 3 atom stereocenters. The molecule has 0 amide bonds. The number of hydrogen-bond acceptors (Lipinski definition) is 4. The lowest BCUT2D eigenvalue weighted by atomic mass is 10.1. The van der Waals surface area contributed by atoms with Crippen molar-refractivity contribution >= 4 is 0 Å². The van der Waals surface area contributed by atoms with Crippen molar-refractivity contribution in [1.29, 1.82) is 0 Å². The Morgan fingerprint density at radius 1 is 1.32 bits per heavy atom. The molecule has 0 N–H and O–H groups in total. The van der Waals surface area contributed by atoms with Crippen LogP contribution in [-0.2, 0) is 16.0 Å². The van der Waals surface area contributed by atoms with Crippen molar-refractivity contribution in [3.8, 4) is 5.75 Å². The van der Waals surface area contributed by atoms with Gasteiger partial charge in [0.2, 0.25) is 0 Å². The lowest BCUT2D eigenvalue weighted by Crippen LogP contribution is -2.51. The molecule has 0 unspecified atom stereocenters. The Morgan fingerprint density at radius 2 is 2.14 bits per heavy atom. The van der Waals surface area contributed by atoms with Crippen LogP contribution in [0.4, 0.5) is 0 Å². The van der Waals surface area contributed by atoms with E-state index in [9.17, 15) is 0 Å². The normalized spacial score (nSPS) is 28.3. The predicted octanol–water partition coefficient (Wildman–Crippen LogP) is 2.63. The van der Waals surface area contributed by atoms with Crippen molar-refractivity contribution in [3.05, 3.63) is 42.5 Å². The summed E-state index contributed by atoms with van der Waals surface area (Å²) in [6.07, 6.45) is 4.43. The van der Waals surface area contributed by atoms with E-state index in [-0.39, 0.29) is 12.2 Å². The lowest BCUT2D eigenvalue weighted by molar-refractivity contribution is -0.111. The van der Waals surface area contributed by atoms with Gasteiger partial charge >= 0.3 is 0 Å². The third-order valence-corrected chi connectivity index (χ3v) is 4.62. The summed E-state index contributed by atoms with van der Waals surface area (Å²) in [5.41, 5.74) is 1.32. The Balaban J connectivity index is 1.63. The van der Waals surface area contributed by atoms with Gasteiger partial charge < -0.3 is 14.2 Å². The number of methoxy groups -OCH3 is 1. The van der Waals surface area contributed by atoms with Crippen molar-refractivity contribution < 1.29 is 14.2 Å². The van der Waals surface area contributed by atoms with E-state index in [1.54, 1.807) is 7.11 Å². The average molecular weight is 303 g/mol. The zero-order valence-corrected chi connectivity index (χ0v) is 13.2. The highest BCUT2D eigenvalue weighted by Crippen LogP contribution is 2.33. The third kappa shape index (κ3) is 3.35. The monoisotopic (exact) mass is 303 g/mol. The van der Waals surface area contributed by atoms with E-state index >= 15 is 0 Å². The van der Waals surface area contributed by atoms with Crippen LogP contribution < -0.4 is 4.74 Å². The van der Waals surface area contributed by atoms with E-state index in [0.29, 0.717) is 12.6 Å². The van der Waals surface area contributed by atoms with Crippen LogP contribution in [0.5, 0.6) is 5.75 Å². The summed E-state index contributed by atoms with van der Waals surface area (Å²) >= 11 is 0. The molecule has 0 radical (unpaired) electrons. The molecule has 2 fully saturated rings. The fourth-order valence-corrected chi connectivity index (χ4v) is 3.52. The van der Waals surface area contributed by atoms with E-state index in [1.807, 2.05) is 18.2 Å². The molecule has 1 saturated heterocycles. The van der Waals surface area contributed by atoms with Gasteiger partial charge in [-0.05, 0) is 30.5 Å². The Labute approximate surface area is 132 Å². The van der Waals surface area contributed by atoms with Crippen molar-refractivity contribution in [1.82, 2.24) is 4.90 Å². The molecule has 2 aliphatic rings. The molecular weight excluding hydrogens is 278 g/mol. The standard InChI is InChI=1S/C18H25NO3/c1-3-11-21-17-9-8-16-18(17)22-12-10-19(16)13-14-4-6-15(20-2)7-5-14/h3-7,16-18H,1,8-13H2,2H3/t16-,17+,18+/m0/s1. The number of morpholine rings is 1. The second-order valence-electron chi connectivity index (χ2n) is 5.96. The summed E-state index contributed by atoms with van der Waals surface area (Å²) in [5.74, 6) is 0.905. The molecule has 1 saturated carbocycles. The third-order valence-electron chi connectivity index (χ3n) is 4.62. The van der Waals surface area contributed by atoms with Crippen LogP contribution in [0.3, 0.4) is 0 Å². The number of nitrogens with zero attached hydrogens (tertiary/aromatic N) is 1. The number of fused-ring (bicyclic) bond motifs is 1. The maximum absolute atomic E-state index is 6.00. The van der Waals surface area contributed by atoms with Crippen molar-refractivity contribution in [2.24, 2.45) is 0 Å². The zero-order valence-electron chi connectivity index (χ0n) is 13.2. The summed E-state index contributed by atoms with van der Waals surface area (Å²) in [6.45, 7) is 7.06. The van der Waals surface area contributed by atoms with Crippen LogP contribution in [0.2, 0.25) is 0 Å². The Morgan fingerprint density at radius 3 is 2.86 bits per heavy atom. The van der Waals surface area contributed by atoms with Crippen LogP contribution in [0.15, 0.2) is 36.9 Å². The molecule has 4 nitrogen and oxygen atoms in total. The van der Waals surface area contributed by atoms with Crippen LogP contribution in [0, 0.1) is 0 Å². The Kier molecular flexibility index (Phi) is 5.13. The molecule has 0 spiro atoms. The fourth-order valence-electron chi connectivity index (χ4n) is 3.52. The molecule has 3 rings (SSSR count). The molecule has 1 heterocycles. The number of rotatable bonds is 6. The highest BCUT2D eigenvalue weighted by Gasteiger charge is 2.43. The SMILES string of the molecule is C=CCO[C@@H]1CC[C@H]2[C@H]1OCCN2Cc1ccc(OC)cc1. The minimum absolute atomic E-state index is 0.201. The van der Waals surface area contributed by atoms with Gasteiger partial charge in [-0.25, -0.2) is 0 Å². The number of ether oxygens (including phenoxy) is 3. The molecule has 1 aromatic carbocycles. The minimum atomic E-state index is 0.201. The van der Waals surface area contributed by atoms with Gasteiger partial charge in [-0.15, -0.1) is 6.58 Å². The zero-order chi connectivity index (χ0) is 15.4. The first-order chi connectivity index (χ1) is 10.8. The van der Waals surface area contributed by atoms with Gasteiger partial charge in [0.05, 0.1) is 32.5 Å². The summed E-state index contributed by atoms with van der Waals surface area (Å²) < 4.78 is 17.1. The van der Waals surface area contributed by atoms with Crippen LogP contribution >= 0.6 is 0 Å². The Hall–Kier alpha value is -1.36. The number of hydrogen-bond donors (Lipinski definition) is 0. The van der Waals surface area contributed by atoms with Gasteiger partial charge in [-0.2, -0.15) is 0 Å². The van der Waals surface area contributed by atoms with Crippen molar-refractivity contribution in [2.45, 2.75) is 37.6 Å². The predicted molar refractivity (Wildman–Crippen MR) is 86.1 cm³/mol. The summed E-state index contributed by atoms with van der Waals surface area (Å²) in [7, 11) is 1.70. The van der Waals surface area contributed by atoms with Gasteiger partial charge in [0, 0.05) is 19.1 Å². The first-order valence-electron chi connectivity index (χ1n) is 8.03. The van der Waals surface area contributed by atoms with Gasteiger partial charge in [-0.1, -0.05) is 18.2 Å². The van der Waals surface area contributed by atoms with Gasteiger partial charge in [0.1, 0.15) is 5.75 Å². The molecule has 1 aliphatic carbocycles. The van der Waals surface area contributed by atoms with Gasteiger partial charge in [0.15, 0.2) is 0 Å². The van der Waals surface area contributed by atoms with Gasteiger partial charge in [-0.3, -0.25) is 4.90 Å². The quantitative estimate of drug-likeness (QED) is 0.756. The first kappa shape index (κ1) is 15.5. The number of benzene rings is 1. The smallest absolute Gasteiger partial charge is 0.118 e. The second kappa shape index (κ2) is 7.27. The molecule has 0 aromatic heterocycles. The van der Waals surface area contributed by atoms with Gasteiger partial charge in [0.25, 0.3) is 0 Å². The Bertz CT molecular complexity index is 488. The molecule has 22 heavy (non-hydrogen) atoms. The van der Waals surface area contributed by atoms with E-state index in [4.69, 9.17) is 14.2 Å². The second-order valence-corrected chi connectivity index (χ2v) is 5.96. The van der Waals surface area contributed by atoms with Crippen LogP contribution in [-0.4, -0.2) is 50.0 Å². The van der Waals surface area contributed by atoms with E-state index in [1.165, 1.54) is 5.56 Å². The summed E-state index contributed by atoms with van der Waals surface area (Å²) in [6, 6.07) is 8.80. The molecule has 1 aliphatic heterocycles. The minimum Gasteiger partial charge on any atom is -0.497 e. The topological polar surface area (TPSA) is 30.9 Å². The maximum Gasteiger partial charge on any atom is 0.118 e.